The van der Waals surface area contributed by atoms with E-state index in [1.165, 1.54) is 10.9 Å². The molecule has 1 unspecified atom stereocenters. The molecule has 6 nitrogen and oxygen atoms in total. The lowest BCUT2D eigenvalue weighted by molar-refractivity contribution is -0.132. The van der Waals surface area contributed by atoms with E-state index in [0.29, 0.717) is 24.7 Å². The van der Waals surface area contributed by atoms with Gasteiger partial charge in [0.25, 0.3) is 0 Å². The third-order valence-corrected chi connectivity index (χ3v) is 4.95. The van der Waals surface area contributed by atoms with E-state index in [1.807, 2.05) is 28.5 Å². The van der Waals surface area contributed by atoms with Crippen LogP contribution in [-0.4, -0.2) is 32.1 Å². The second-order valence-electron chi connectivity index (χ2n) is 6.60. The molecule has 6 heteroatoms. The first kappa shape index (κ1) is 15.9. The highest BCUT2D eigenvalue weighted by molar-refractivity contribution is 5.86. The molecule has 0 saturated carbocycles. The molecule has 130 valence electrons. The molecule has 1 amide bonds. The molecule has 1 atom stereocenters. The Kier molecular flexibility index (Phi) is 4.03. The van der Waals surface area contributed by atoms with Gasteiger partial charge in [-0.3, -0.25) is 4.79 Å². The van der Waals surface area contributed by atoms with Crippen LogP contribution in [-0.2, 0) is 17.8 Å². The van der Waals surface area contributed by atoms with Crippen LogP contribution in [0, 0.1) is 6.92 Å². The van der Waals surface area contributed by atoms with E-state index in [-0.39, 0.29) is 11.9 Å². The number of fused-ring (bicyclic) bond motifs is 1. The van der Waals surface area contributed by atoms with E-state index in [4.69, 9.17) is 4.52 Å². The van der Waals surface area contributed by atoms with Gasteiger partial charge in [0.15, 0.2) is 5.82 Å². The van der Waals surface area contributed by atoms with Gasteiger partial charge in [-0.1, -0.05) is 30.3 Å². The molecular formula is C19H22N4O2. The number of hydrogen-bond donors (Lipinski definition) is 0. The molecular weight excluding hydrogens is 316 g/mol. The summed E-state index contributed by atoms with van der Waals surface area (Å²) in [4.78, 5) is 19.3. The smallest absolute Gasteiger partial charge is 0.243 e. The summed E-state index contributed by atoms with van der Waals surface area (Å²) in [7, 11) is 0. The van der Waals surface area contributed by atoms with Crippen molar-refractivity contribution in [3.8, 4) is 0 Å². The first-order valence-electron chi connectivity index (χ1n) is 8.83. The molecule has 0 N–H and O–H groups in total. The van der Waals surface area contributed by atoms with Gasteiger partial charge in [0.05, 0.1) is 6.04 Å². The summed E-state index contributed by atoms with van der Waals surface area (Å²) in [6.07, 6.45) is 4.62. The average Bonchev–Trinajstić information content (AvgIpc) is 3.34. The molecule has 25 heavy (non-hydrogen) atoms. The fraction of sp³-hybridized carbons (Fsp3) is 0.421. The lowest BCUT2D eigenvalue weighted by Crippen LogP contribution is -2.33. The van der Waals surface area contributed by atoms with Gasteiger partial charge in [-0.05, 0) is 31.4 Å². The molecule has 1 aromatic carbocycles. The summed E-state index contributed by atoms with van der Waals surface area (Å²) in [5.41, 5.74) is 2.28. The lowest BCUT2D eigenvalue weighted by Gasteiger charge is -2.22. The maximum atomic E-state index is 12.9. The number of rotatable bonds is 4. The van der Waals surface area contributed by atoms with Gasteiger partial charge in [-0.2, -0.15) is 4.98 Å². The van der Waals surface area contributed by atoms with Crippen molar-refractivity contribution in [2.24, 2.45) is 0 Å². The fourth-order valence-corrected chi connectivity index (χ4v) is 3.68. The van der Waals surface area contributed by atoms with Crippen molar-refractivity contribution in [1.29, 1.82) is 0 Å². The van der Waals surface area contributed by atoms with Crippen LogP contribution in [0.2, 0.25) is 0 Å². The zero-order valence-electron chi connectivity index (χ0n) is 14.6. The third-order valence-electron chi connectivity index (χ3n) is 4.95. The minimum absolute atomic E-state index is 0.0699. The van der Waals surface area contributed by atoms with Crippen LogP contribution in [0.15, 0.2) is 35.0 Å². The number of nitrogens with zero attached hydrogens (tertiary/aromatic N) is 4. The van der Waals surface area contributed by atoms with Crippen molar-refractivity contribution in [1.82, 2.24) is 19.6 Å². The Morgan fingerprint density at radius 2 is 2.20 bits per heavy atom. The van der Waals surface area contributed by atoms with Gasteiger partial charge >= 0.3 is 0 Å². The van der Waals surface area contributed by atoms with E-state index in [0.717, 1.165) is 24.9 Å². The summed E-state index contributed by atoms with van der Waals surface area (Å²) in [6, 6.07) is 8.12. The Morgan fingerprint density at radius 1 is 1.36 bits per heavy atom. The van der Waals surface area contributed by atoms with E-state index in [1.54, 1.807) is 0 Å². The van der Waals surface area contributed by atoms with Crippen LogP contribution in [0.25, 0.3) is 10.9 Å². The predicted octanol–water partition coefficient (Wildman–Crippen LogP) is 3.26. The van der Waals surface area contributed by atoms with Crippen LogP contribution in [0.4, 0.5) is 0 Å². The molecule has 0 spiro atoms. The second-order valence-corrected chi connectivity index (χ2v) is 6.60. The van der Waals surface area contributed by atoms with Gasteiger partial charge in [0.2, 0.25) is 11.8 Å². The van der Waals surface area contributed by atoms with E-state index in [9.17, 15) is 4.79 Å². The SMILES string of the molecule is CCc1nc(C2CCCN2C(=O)Cn2cc(C)c3ccccc32)no1. The van der Waals surface area contributed by atoms with Crippen LogP contribution >= 0.6 is 0 Å². The monoisotopic (exact) mass is 338 g/mol. The maximum absolute atomic E-state index is 12.9. The highest BCUT2D eigenvalue weighted by Crippen LogP contribution is 2.31. The van der Waals surface area contributed by atoms with Crippen LogP contribution in [0.3, 0.4) is 0 Å². The summed E-state index contributed by atoms with van der Waals surface area (Å²) in [6.45, 7) is 5.14. The van der Waals surface area contributed by atoms with Crippen molar-refractivity contribution in [2.45, 2.75) is 45.7 Å². The number of aromatic nitrogens is 3. The summed E-state index contributed by atoms with van der Waals surface area (Å²) < 4.78 is 7.27. The molecule has 0 aliphatic carbocycles. The Bertz CT molecular complexity index is 911. The molecule has 1 saturated heterocycles. The maximum Gasteiger partial charge on any atom is 0.243 e. The number of para-hydroxylation sites is 1. The third kappa shape index (κ3) is 2.81. The minimum Gasteiger partial charge on any atom is -0.339 e. The quantitative estimate of drug-likeness (QED) is 0.732. The average molecular weight is 338 g/mol. The molecule has 2 aromatic heterocycles. The Balaban J connectivity index is 1.57. The van der Waals surface area contributed by atoms with E-state index < -0.39 is 0 Å². The van der Waals surface area contributed by atoms with Crippen LogP contribution < -0.4 is 0 Å². The zero-order chi connectivity index (χ0) is 17.4. The summed E-state index contributed by atoms with van der Waals surface area (Å²) >= 11 is 0. The predicted molar refractivity (Wildman–Crippen MR) is 94.0 cm³/mol. The Morgan fingerprint density at radius 3 is 3.00 bits per heavy atom. The standard InChI is InChI=1S/C19H22N4O2/c1-3-17-20-19(21-25-17)16-9-6-10-23(16)18(24)12-22-11-13(2)14-7-4-5-8-15(14)22/h4-5,7-8,11,16H,3,6,9-10,12H2,1-2H3. The summed E-state index contributed by atoms with van der Waals surface area (Å²) in [5.74, 6) is 1.36. The van der Waals surface area contributed by atoms with Crippen molar-refractivity contribution in [3.63, 3.8) is 0 Å². The molecule has 3 heterocycles. The number of benzene rings is 1. The topological polar surface area (TPSA) is 64.2 Å². The van der Waals surface area contributed by atoms with Gasteiger partial charge in [-0.25, -0.2) is 0 Å². The van der Waals surface area contributed by atoms with E-state index >= 15 is 0 Å². The van der Waals surface area contributed by atoms with Crippen molar-refractivity contribution < 1.29 is 9.32 Å². The number of likely N-dealkylation sites (tertiary alicyclic amines) is 1. The van der Waals surface area contributed by atoms with Gasteiger partial charge in [0.1, 0.15) is 6.54 Å². The molecule has 1 fully saturated rings. The first-order chi connectivity index (χ1) is 12.2. The van der Waals surface area contributed by atoms with Gasteiger partial charge in [0, 0.05) is 30.1 Å². The van der Waals surface area contributed by atoms with Crippen LogP contribution in [0.1, 0.15) is 43.1 Å². The van der Waals surface area contributed by atoms with Crippen molar-refractivity contribution >= 4 is 16.8 Å². The summed E-state index contributed by atoms with van der Waals surface area (Å²) in [5, 5.41) is 5.27. The Labute approximate surface area is 146 Å². The van der Waals surface area contributed by atoms with Gasteiger partial charge in [-0.15, -0.1) is 0 Å². The van der Waals surface area contributed by atoms with Crippen LogP contribution in [0.5, 0.6) is 0 Å². The number of hydrogen-bond acceptors (Lipinski definition) is 4. The number of carbonyl (C=O) groups is 1. The fourth-order valence-electron chi connectivity index (χ4n) is 3.68. The molecule has 3 aromatic rings. The highest BCUT2D eigenvalue weighted by atomic mass is 16.5. The number of amides is 1. The lowest BCUT2D eigenvalue weighted by atomic mass is 10.2. The second kappa shape index (κ2) is 6.35. The zero-order valence-corrected chi connectivity index (χ0v) is 14.6. The number of carbonyl (C=O) groups excluding carboxylic acids is 1. The molecule has 0 bridgehead atoms. The molecule has 1 aliphatic heterocycles. The number of aryl methyl sites for hydroxylation is 2. The first-order valence-corrected chi connectivity index (χ1v) is 8.83. The minimum atomic E-state index is -0.0699. The highest BCUT2D eigenvalue weighted by Gasteiger charge is 2.33. The molecule has 0 radical (unpaired) electrons. The Hall–Kier alpha value is -2.63. The van der Waals surface area contributed by atoms with Crippen molar-refractivity contribution in [3.05, 3.63) is 47.7 Å². The van der Waals surface area contributed by atoms with Gasteiger partial charge < -0.3 is 14.0 Å². The van der Waals surface area contributed by atoms with Crippen molar-refractivity contribution in [2.75, 3.05) is 6.54 Å². The molecule has 1 aliphatic rings. The normalized spacial score (nSPS) is 17.5. The largest absolute Gasteiger partial charge is 0.339 e. The molecule has 4 rings (SSSR count). The van der Waals surface area contributed by atoms with E-state index in [2.05, 4.69) is 35.4 Å².